The number of hydrogen-bond acceptors (Lipinski definition) is 9. The van der Waals surface area contributed by atoms with Crippen molar-refractivity contribution >= 4 is 23.2 Å². The summed E-state index contributed by atoms with van der Waals surface area (Å²) in [6.45, 7) is 0. The molecule has 10 heteroatoms. The maximum Gasteiger partial charge on any atom is 0.255 e. The predicted octanol–water partition coefficient (Wildman–Crippen LogP) is 3.34. The second kappa shape index (κ2) is 10.4. The lowest BCUT2D eigenvalue weighted by atomic mass is 9.59. The number of phenols is 1. The number of amides is 1. The smallest absolute Gasteiger partial charge is 0.255 e. The van der Waals surface area contributed by atoms with E-state index in [2.05, 4.69) is 6.07 Å². The molecule has 0 spiro atoms. The second-order valence-electron chi connectivity index (χ2n) is 10.8. The molecule has 10 nitrogen and oxygen atoms in total. The number of ether oxygens (including phenoxy) is 1. The lowest BCUT2D eigenvalue weighted by molar-refractivity contribution is -0.147. The van der Waals surface area contributed by atoms with Crippen molar-refractivity contribution in [1.82, 2.24) is 0 Å². The number of aromatic hydroxyl groups is 1. The summed E-state index contributed by atoms with van der Waals surface area (Å²) < 4.78 is 5.63. The average molecular weight is 559 g/mol. The van der Waals surface area contributed by atoms with Crippen LogP contribution in [0.1, 0.15) is 48.8 Å². The summed E-state index contributed by atoms with van der Waals surface area (Å²) in [6.07, 6.45) is 2.67. The number of nitriles is 1. The number of unbranched alkanes of at least 4 members (excludes halogenated alkanes) is 2. The van der Waals surface area contributed by atoms with E-state index in [4.69, 9.17) is 15.7 Å². The molecule has 3 aliphatic rings. The Morgan fingerprint density at radius 2 is 1.88 bits per heavy atom. The van der Waals surface area contributed by atoms with Crippen LogP contribution >= 0.6 is 0 Å². The minimum atomic E-state index is -2.61. The molecule has 0 radical (unpaired) electrons. The summed E-state index contributed by atoms with van der Waals surface area (Å²) in [6, 6.07) is 11.0. The topological polar surface area (TPSA) is 191 Å². The van der Waals surface area contributed by atoms with E-state index in [0.717, 1.165) is 30.4 Å². The number of aliphatic hydroxyl groups excluding tert-OH is 2. The van der Waals surface area contributed by atoms with Gasteiger partial charge in [0.25, 0.3) is 5.91 Å². The third-order valence-corrected chi connectivity index (χ3v) is 8.51. The van der Waals surface area contributed by atoms with Gasteiger partial charge in [-0.25, -0.2) is 0 Å². The molecule has 3 atom stereocenters. The molecule has 3 aliphatic carbocycles. The summed E-state index contributed by atoms with van der Waals surface area (Å²) in [5.41, 5.74) is 4.62. The number of nitrogens with zero attached hydrogens (tertiary/aromatic N) is 1. The van der Waals surface area contributed by atoms with Crippen LogP contribution in [0.25, 0.3) is 16.9 Å². The Hall–Kier alpha value is -4.62. The van der Waals surface area contributed by atoms with E-state index in [9.17, 15) is 34.8 Å². The summed E-state index contributed by atoms with van der Waals surface area (Å²) in [5.74, 6) is -6.10. The van der Waals surface area contributed by atoms with Crippen LogP contribution in [0.4, 0.5) is 0 Å². The van der Waals surface area contributed by atoms with Gasteiger partial charge in [-0.15, -0.1) is 0 Å². The fourth-order valence-corrected chi connectivity index (χ4v) is 6.53. The van der Waals surface area contributed by atoms with Crippen LogP contribution in [0, 0.1) is 23.2 Å². The Morgan fingerprint density at radius 3 is 2.56 bits per heavy atom. The van der Waals surface area contributed by atoms with Crippen molar-refractivity contribution in [2.45, 2.75) is 50.5 Å². The minimum absolute atomic E-state index is 0.0242. The predicted molar refractivity (Wildman–Crippen MR) is 147 cm³/mol. The molecule has 1 amide bonds. The van der Waals surface area contributed by atoms with Crippen molar-refractivity contribution in [1.29, 1.82) is 5.26 Å². The third-order valence-electron chi connectivity index (χ3n) is 8.51. The van der Waals surface area contributed by atoms with Gasteiger partial charge in [-0.05, 0) is 72.9 Å². The van der Waals surface area contributed by atoms with Gasteiger partial charge >= 0.3 is 0 Å². The summed E-state index contributed by atoms with van der Waals surface area (Å²) in [7, 11) is 1.54. The highest BCUT2D eigenvalue weighted by Gasteiger charge is 2.60. The van der Waals surface area contributed by atoms with Gasteiger partial charge in [-0.3, -0.25) is 14.4 Å². The third kappa shape index (κ3) is 4.33. The van der Waals surface area contributed by atoms with Gasteiger partial charge in [-0.1, -0.05) is 12.1 Å². The fraction of sp³-hybridized carbons (Fsp3) is 0.355. The van der Waals surface area contributed by atoms with Crippen LogP contribution in [-0.2, 0) is 27.2 Å². The first-order chi connectivity index (χ1) is 19.5. The molecule has 212 valence electrons. The molecule has 5 rings (SSSR count). The highest BCUT2D eigenvalue weighted by atomic mass is 16.5. The van der Waals surface area contributed by atoms with E-state index in [1.165, 1.54) is 13.2 Å². The molecular weight excluding hydrogens is 528 g/mol. The molecule has 6 N–H and O–H groups in total. The number of methoxy groups -OCH3 is 1. The Labute approximate surface area is 236 Å². The number of primary amides is 1. The number of Topliss-reactive ketones (excluding diaryl/α,β-unsaturated/α-hetero) is 2. The lowest BCUT2D eigenvalue weighted by Gasteiger charge is -2.46. The van der Waals surface area contributed by atoms with Gasteiger partial charge in [0, 0.05) is 29.9 Å². The zero-order chi connectivity index (χ0) is 29.6. The number of aliphatic hydroxyl groups is 3. The maximum absolute atomic E-state index is 13.7. The number of phenolic OH excluding ortho intramolecular Hbond substituents is 1. The fourth-order valence-electron chi connectivity index (χ4n) is 6.53. The highest BCUT2D eigenvalue weighted by molar-refractivity contribution is 6.22. The molecule has 1 saturated carbocycles. The molecule has 0 saturated heterocycles. The number of carbonyl (C=O) groups excluding carboxylic acids is 3. The van der Waals surface area contributed by atoms with Crippen molar-refractivity contribution in [2.24, 2.45) is 17.6 Å². The first-order valence-corrected chi connectivity index (χ1v) is 13.4. The van der Waals surface area contributed by atoms with Crippen molar-refractivity contribution in [3.8, 4) is 28.7 Å². The van der Waals surface area contributed by atoms with Gasteiger partial charge < -0.3 is 30.9 Å². The molecule has 0 aliphatic heterocycles. The van der Waals surface area contributed by atoms with Crippen LogP contribution in [0.15, 0.2) is 47.2 Å². The number of carbonyl (C=O) groups is 3. The minimum Gasteiger partial charge on any atom is -0.508 e. The Kier molecular flexibility index (Phi) is 7.09. The largest absolute Gasteiger partial charge is 0.508 e. The number of nitrogens with two attached hydrogens (primary N) is 1. The van der Waals surface area contributed by atoms with Crippen molar-refractivity contribution < 1.29 is 39.5 Å². The van der Waals surface area contributed by atoms with Crippen LogP contribution in [0.2, 0.25) is 0 Å². The maximum atomic E-state index is 13.7. The van der Waals surface area contributed by atoms with Crippen molar-refractivity contribution in [3.63, 3.8) is 0 Å². The molecule has 1 fully saturated rings. The Bertz CT molecular complexity index is 1600. The van der Waals surface area contributed by atoms with Gasteiger partial charge in [0.1, 0.15) is 28.6 Å². The molecule has 0 heterocycles. The van der Waals surface area contributed by atoms with Gasteiger partial charge in [0.15, 0.2) is 11.4 Å². The number of aryl methyl sites for hydroxylation is 1. The van der Waals surface area contributed by atoms with E-state index < -0.39 is 52.0 Å². The number of hydrogen-bond donors (Lipinski definition) is 5. The first kappa shape index (κ1) is 27.9. The number of fused-ring (bicyclic) bond motifs is 3. The van der Waals surface area contributed by atoms with Gasteiger partial charge in [0.05, 0.1) is 18.7 Å². The van der Waals surface area contributed by atoms with Gasteiger partial charge in [0.2, 0.25) is 5.78 Å². The van der Waals surface area contributed by atoms with Crippen LogP contribution in [0.3, 0.4) is 0 Å². The van der Waals surface area contributed by atoms with Crippen molar-refractivity contribution in [2.75, 3.05) is 7.11 Å². The van der Waals surface area contributed by atoms with E-state index in [1.807, 2.05) is 18.2 Å². The lowest BCUT2D eigenvalue weighted by Crippen LogP contribution is -2.58. The molecule has 41 heavy (non-hydrogen) atoms. The average Bonchev–Trinajstić information content (AvgIpc) is 2.93. The van der Waals surface area contributed by atoms with Gasteiger partial charge in [-0.2, -0.15) is 5.26 Å². The van der Waals surface area contributed by atoms with E-state index in [1.54, 1.807) is 6.07 Å². The zero-order valence-electron chi connectivity index (χ0n) is 22.4. The second-order valence-corrected chi connectivity index (χ2v) is 10.8. The van der Waals surface area contributed by atoms with E-state index in [0.29, 0.717) is 23.3 Å². The number of ketones is 2. The summed E-state index contributed by atoms with van der Waals surface area (Å²) in [4.78, 5) is 38.2. The SMILES string of the molecule is COc1ccc(CCCCC#N)cc1-c1ccc(O)c2c1CC1CC3CC(=O)C(C(N)=O)=C(O)C3(O)C(=O)C1=C2O. The van der Waals surface area contributed by atoms with Crippen LogP contribution < -0.4 is 10.5 Å². The monoisotopic (exact) mass is 558 g/mol. The molecule has 2 aromatic carbocycles. The molecule has 0 aromatic heterocycles. The molecule has 3 unspecified atom stereocenters. The summed E-state index contributed by atoms with van der Waals surface area (Å²) >= 11 is 0. The molecule has 2 aromatic rings. The van der Waals surface area contributed by atoms with Crippen LogP contribution in [-0.4, -0.2) is 50.6 Å². The Balaban J connectivity index is 1.63. The van der Waals surface area contributed by atoms with Crippen molar-refractivity contribution in [3.05, 3.63) is 63.9 Å². The zero-order valence-corrected chi connectivity index (χ0v) is 22.4. The highest BCUT2D eigenvalue weighted by Crippen LogP contribution is 2.53. The quantitative estimate of drug-likeness (QED) is 0.250. The summed E-state index contributed by atoms with van der Waals surface area (Å²) in [5, 5.41) is 53.2. The standard InChI is InChI=1S/C31H30N2O8/c1-41-23-9-6-15(5-3-2-4-10-32)11-19(23)18-7-8-21(34)25-20(18)13-16-12-17-14-22(35)26(30(33)39)29(38)31(17,40)28(37)24(16)27(25)36/h6-9,11,16-17,34,36,38,40H,2-5,12-14H2,1H3,(H2,33,39). The Morgan fingerprint density at radius 1 is 1.12 bits per heavy atom. The molecular formula is C31H30N2O8. The van der Waals surface area contributed by atoms with E-state index in [-0.39, 0.29) is 36.1 Å². The molecule has 0 bridgehead atoms. The number of benzene rings is 2. The number of rotatable bonds is 7. The first-order valence-electron chi connectivity index (χ1n) is 13.4. The normalized spacial score (nSPS) is 23.4. The van der Waals surface area contributed by atoms with E-state index >= 15 is 0 Å². The van der Waals surface area contributed by atoms with Crippen LogP contribution in [0.5, 0.6) is 11.5 Å².